The number of hydrogen-bond donors (Lipinski definition) is 0. The van der Waals surface area contributed by atoms with Crippen molar-refractivity contribution in [3.63, 3.8) is 0 Å². The third kappa shape index (κ3) is 2.57. The van der Waals surface area contributed by atoms with Gasteiger partial charge < -0.3 is 4.42 Å². The van der Waals surface area contributed by atoms with E-state index in [0.717, 1.165) is 21.4 Å². The summed E-state index contributed by atoms with van der Waals surface area (Å²) in [4.78, 5) is 13.1. The first-order valence-electron chi connectivity index (χ1n) is 5.89. The minimum Gasteiger partial charge on any atom is -0.453 e. The first kappa shape index (κ1) is 12.5. The number of furan rings is 1. The lowest BCUT2D eigenvalue weighted by Gasteiger charge is -1.93. The molecule has 1 aromatic carbocycles. The molecule has 0 radical (unpaired) electrons. The van der Waals surface area contributed by atoms with Gasteiger partial charge in [-0.1, -0.05) is 23.2 Å². The molecule has 0 bridgehead atoms. The topological polar surface area (TPSA) is 30.2 Å². The first-order chi connectivity index (χ1) is 9.11. The van der Waals surface area contributed by atoms with Crippen molar-refractivity contribution in [1.82, 2.24) is 0 Å². The highest BCUT2D eigenvalue weighted by atomic mass is 35.5. The number of Topliss-reactive ketones (excluding diaryl/α,β-unsaturated/α-hetero) is 1. The predicted octanol–water partition coefficient (Wildman–Crippen LogP) is 4.88. The second kappa shape index (κ2) is 4.83. The number of aryl methyl sites for hydroxylation is 1. The van der Waals surface area contributed by atoms with Crippen molar-refractivity contribution in [3.05, 3.63) is 56.9 Å². The number of thiophene rings is 1. The fraction of sp³-hybridized carbons (Fsp3) is 0.133. The second-order valence-corrected chi connectivity index (χ2v) is 6.26. The van der Waals surface area contributed by atoms with Gasteiger partial charge in [-0.2, -0.15) is 0 Å². The van der Waals surface area contributed by atoms with Crippen LogP contribution in [0.2, 0.25) is 4.34 Å². The summed E-state index contributed by atoms with van der Waals surface area (Å²) in [7, 11) is 0. The van der Waals surface area contributed by atoms with E-state index in [9.17, 15) is 4.79 Å². The van der Waals surface area contributed by atoms with E-state index in [1.807, 2.05) is 31.2 Å². The van der Waals surface area contributed by atoms with Crippen molar-refractivity contribution >= 4 is 39.7 Å². The van der Waals surface area contributed by atoms with Crippen LogP contribution in [-0.4, -0.2) is 5.78 Å². The Morgan fingerprint density at radius 1 is 1.26 bits per heavy atom. The maximum atomic E-state index is 12.1. The van der Waals surface area contributed by atoms with E-state index in [0.29, 0.717) is 16.5 Å². The van der Waals surface area contributed by atoms with Gasteiger partial charge in [0.25, 0.3) is 0 Å². The zero-order valence-electron chi connectivity index (χ0n) is 10.3. The molecule has 3 rings (SSSR count). The van der Waals surface area contributed by atoms with Crippen molar-refractivity contribution in [2.45, 2.75) is 13.3 Å². The molecule has 0 aliphatic rings. The fourth-order valence-electron chi connectivity index (χ4n) is 1.99. The summed E-state index contributed by atoms with van der Waals surface area (Å²) < 4.78 is 6.28. The average molecular weight is 291 g/mol. The molecule has 0 spiro atoms. The van der Waals surface area contributed by atoms with Gasteiger partial charge in [0.1, 0.15) is 5.58 Å². The molecule has 2 heterocycles. The lowest BCUT2D eigenvalue weighted by molar-refractivity contribution is 0.0969. The standard InChI is InChI=1S/C15H11ClO2S/c1-9-2-4-13-10(6-9)7-14(18-13)12(17)8-11-3-5-15(16)19-11/h2-7H,8H2,1H3. The molecule has 0 aliphatic carbocycles. The summed E-state index contributed by atoms with van der Waals surface area (Å²) in [6.07, 6.45) is 0.330. The molecule has 0 saturated heterocycles. The van der Waals surface area contributed by atoms with Crippen molar-refractivity contribution < 1.29 is 9.21 Å². The largest absolute Gasteiger partial charge is 0.453 e. The molecule has 0 unspecified atom stereocenters. The molecule has 19 heavy (non-hydrogen) atoms. The zero-order chi connectivity index (χ0) is 13.4. The Morgan fingerprint density at radius 2 is 2.11 bits per heavy atom. The van der Waals surface area contributed by atoms with Crippen LogP contribution in [0.15, 0.2) is 40.8 Å². The Balaban J connectivity index is 1.89. The molecule has 0 fully saturated rings. The van der Waals surface area contributed by atoms with Crippen molar-refractivity contribution in [2.75, 3.05) is 0 Å². The molecule has 0 aliphatic heterocycles. The SMILES string of the molecule is Cc1ccc2oc(C(=O)Cc3ccc(Cl)s3)cc2c1. The molecule has 96 valence electrons. The van der Waals surface area contributed by atoms with Gasteiger partial charge in [0, 0.05) is 16.7 Å². The van der Waals surface area contributed by atoms with Crippen LogP contribution in [0.5, 0.6) is 0 Å². The van der Waals surface area contributed by atoms with E-state index in [1.165, 1.54) is 11.3 Å². The zero-order valence-corrected chi connectivity index (χ0v) is 11.8. The van der Waals surface area contributed by atoms with E-state index in [1.54, 1.807) is 12.1 Å². The summed E-state index contributed by atoms with van der Waals surface area (Å²) >= 11 is 7.28. The van der Waals surface area contributed by atoms with E-state index in [2.05, 4.69) is 0 Å². The van der Waals surface area contributed by atoms with E-state index >= 15 is 0 Å². The molecule has 2 nitrogen and oxygen atoms in total. The monoisotopic (exact) mass is 290 g/mol. The minimum atomic E-state index is -0.0210. The van der Waals surface area contributed by atoms with Gasteiger partial charge in [-0.15, -0.1) is 11.3 Å². The molecular formula is C15H11ClO2S. The maximum Gasteiger partial charge on any atom is 0.203 e. The number of fused-ring (bicyclic) bond motifs is 1. The summed E-state index contributed by atoms with van der Waals surface area (Å²) in [5.41, 5.74) is 1.90. The number of hydrogen-bond acceptors (Lipinski definition) is 3. The second-order valence-electron chi connectivity index (χ2n) is 4.46. The third-order valence-corrected chi connectivity index (χ3v) is 4.14. The molecular weight excluding hydrogens is 280 g/mol. The molecule has 0 atom stereocenters. The van der Waals surface area contributed by atoms with Crippen molar-refractivity contribution in [1.29, 1.82) is 0 Å². The number of rotatable bonds is 3. The summed E-state index contributed by atoms with van der Waals surface area (Å²) in [5, 5.41) is 0.965. The number of carbonyl (C=O) groups excluding carboxylic acids is 1. The Kier molecular flexibility index (Phi) is 3.17. The van der Waals surface area contributed by atoms with Crippen LogP contribution in [0, 0.1) is 6.92 Å². The maximum absolute atomic E-state index is 12.1. The van der Waals surface area contributed by atoms with Crippen LogP contribution in [0.25, 0.3) is 11.0 Å². The van der Waals surface area contributed by atoms with E-state index < -0.39 is 0 Å². The van der Waals surface area contributed by atoms with Crippen LogP contribution >= 0.6 is 22.9 Å². The summed E-state index contributed by atoms with van der Waals surface area (Å²) in [5.74, 6) is 0.387. The first-order valence-corrected chi connectivity index (χ1v) is 7.09. The average Bonchev–Trinajstić information content (AvgIpc) is 2.95. The Bertz CT molecular complexity index is 754. The highest BCUT2D eigenvalue weighted by Gasteiger charge is 2.14. The minimum absolute atomic E-state index is 0.0210. The Labute approximate surface area is 119 Å². The lowest BCUT2D eigenvalue weighted by Crippen LogP contribution is -1.99. The smallest absolute Gasteiger partial charge is 0.203 e. The lowest BCUT2D eigenvalue weighted by atomic mass is 10.1. The number of ketones is 1. The van der Waals surface area contributed by atoms with Gasteiger partial charge in [-0.3, -0.25) is 4.79 Å². The van der Waals surface area contributed by atoms with Crippen molar-refractivity contribution in [3.8, 4) is 0 Å². The number of halogens is 1. The van der Waals surface area contributed by atoms with Gasteiger partial charge in [0.15, 0.2) is 5.76 Å². The number of carbonyl (C=O) groups is 1. The molecule has 0 N–H and O–H groups in total. The Hall–Kier alpha value is -1.58. The number of benzene rings is 1. The Morgan fingerprint density at radius 3 is 2.84 bits per heavy atom. The van der Waals surface area contributed by atoms with E-state index in [4.69, 9.17) is 16.0 Å². The highest BCUT2D eigenvalue weighted by molar-refractivity contribution is 7.16. The van der Waals surface area contributed by atoms with Gasteiger partial charge >= 0.3 is 0 Å². The highest BCUT2D eigenvalue weighted by Crippen LogP contribution is 2.25. The molecule has 4 heteroatoms. The predicted molar refractivity (Wildman–Crippen MR) is 78.3 cm³/mol. The quantitative estimate of drug-likeness (QED) is 0.643. The molecule has 3 aromatic rings. The van der Waals surface area contributed by atoms with Gasteiger partial charge in [0.05, 0.1) is 4.34 Å². The van der Waals surface area contributed by atoms with Crippen LogP contribution in [0.3, 0.4) is 0 Å². The molecule has 0 amide bonds. The van der Waals surface area contributed by atoms with Crippen LogP contribution in [-0.2, 0) is 6.42 Å². The summed E-state index contributed by atoms with van der Waals surface area (Å²) in [6.45, 7) is 2.02. The van der Waals surface area contributed by atoms with Crippen molar-refractivity contribution in [2.24, 2.45) is 0 Å². The summed E-state index contributed by atoms with van der Waals surface area (Å²) in [6, 6.07) is 11.4. The van der Waals surface area contributed by atoms with Gasteiger partial charge in [0.2, 0.25) is 5.78 Å². The normalized spacial score (nSPS) is 11.1. The van der Waals surface area contributed by atoms with Crippen LogP contribution in [0.1, 0.15) is 21.0 Å². The third-order valence-electron chi connectivity index (χ3n) is 2.91. The molecule has 0 saturated carbocycles. The fourth-order valence-corrected chi connectivity index (χ4v) is 3.08. The van der Waals surface area contributed by atoms with Gasteiger partial charge in [-0.25, -0.2) is 0 Å². The molecule has 2 aromatic heterocycles. The van der Waals surface area contributed by atoms with Crippen LogP contribution in [0.4, 0.5) is 0 Å². The van der Waals surface area contributed by atoms with E-state index in [-0.39, 0.29) is 5.78 Å². The van der Waals surface area contributed by atoms with Gasteiger partial charge in [-0.05, 0) is 37.3 Å². The van der Waals surface area contributed by atoms with Crippen LogP contribution < -0.4 is 0 Å².